The molecule has 1 heterocycles. The van der Waals surface area contributed by atoms with Gasteiger partial charge in [-0.25, -0.2) is 0 Å². The molecule has 0 N–H and O–H groups in total. The minimum atomic E-state index is 0.774. The molecule has 2 aromatic rings. The van der Waals surface area contributed by atoms with E-state index in [1.807, 2.05) is 30.3 Å². The van der Waals surface area contributed by atoms with Crippen LogP contribution in [0.1, 0.15) is 0 Å². The number of aromatic nitrogens is 1. The second-order valence-corrected chi connectivity index (χ2v) is 2.54. The summed E-state index contributed by atoms with van der Waals surface area (Å²) in [6.07, 6.45) is 3.40. The van der Waals surface area contributed by atoms with Crippen LogP contribution >= 0.6 is 0 Å². The molecule has 2 heteroatoms. The first-order valence-corrected chi connectivity index (χ1v) is 3.73. The van der Waals surface area contributed by atoms with E-state index >= 15 is 0 Å². The molecule has 0 aliphatic carbocycles. The van der Waals surface area contributed by atoms with Crippen LogP contribution in [0.15, 0.2) is 47.2 Å². The molecule has 0 saturated heterocycles. The van der Waals surface area contributed by atoms with Gasteiger partial charge in [-0.05, 0) is 0 Å². The zero-order chi connectivity index (χ0) is 8.39. The molecule has 0 spiro atoms. The molecule has 0 bridgehead atoms. The summed E-state index contributed by atoms with van der Waals surface area (Å²) in [7, 11) is 3.78. The van der Waals surface area contributed by atoms with Crippen molar-refractivity contribution in [1.82, 2.24) is 0 Å². The summed E-state index contributed by atoms with van der Waals surface area (Å²) in [5, 5.41) is 0. The Morgan fingerprint density at radius 1 is 1.17 bits per heavy atom. The predicted octanol–water partition coefficient (Wildman–Crippen LogP) is 1.87. The molecule has 0 radical (unpaired) electrons. The van der Waals surface area contributed by atoms with E-state index in [9.17, 15) is 0 Å². The lowest BCUT2D eigenvalue weighted by Crippen LogP contribution is -2.23. The Morgan fingerprint density at radius 2 is 1.92 bits per heavy atom. The highest BCUT2D eigenvalue weighted by Crippen LogP contribution is 2.13. The van der Waals surface area contributed by atoms with Crippen LogP contribution in [0.5, 0.6) is 0 Å². The van der Waals surface area contributed by atoms with Crippen molar-refractivity contribution in [3.05, 3.63) is 49.8 Å². The van der Waals surface area contributed by atoms with Crippen LogP contribution in [0.3, 0.4) is 0 Å². The van der Waals surface area contributed by atoms with Gasteiger partial charge in [0.05, 0.1) is 6.26 Å². The maximum Gasteiger partial charge on any atom is 0.274 e. The molecular formula is C10H9NO. The van der Waals surface area contributed by atoms with E-state index in [1.54, 1.807) is 17.0 Å². The van der Waals surface area contributed by atoms with Gasteiger partial charge in [0, 0.05) is 12.6 Å². The molecule has 12 heavy (non-hydrogen) atoms. The zero-order valence-electron chi connectivity index (χ0n) is 6.60. The minimum absolute atomic E-state index is 0.774. The van der Waals surface area contributed by atoms with E-state index in [-0.39, 0.29) is 0 Å². The molecule has 0 fully saturated rings. The summed E-state index contributed by atoms with van der Waals surface area (Å²) < 4.78 is 6.95. The lowest BCUT2D eigenvalue weighted by atomic mass is 10.2. The van der Waals surface area contributed by atoms with Crippen LogP contribution in [0.2, 0.25) is 0 Å². The Bertz CT molecular complexity index is 364. The summed E-state index contributed by atoms with van der Waals surface area (Å²) in [6.45, 7) is 0. The molecule has 0 aliphatic rings. The van der Waals surface area contributed by atoms with Crippen LogP contribution in [-0.2, 0) is 0 Å². The highest BCUT2D eigenvalue weighted by molar-refractivity contribution is 5.49. The molecule has 60 valence electrons. The average Bonchev–Trinajstić information content (AvgIpc) is 2.53. The van der Waals surface area contributed by atoms with Crippen LogP contribution in [0.25, 0.3) is 11.5 Å². The van der Waals surface area contributed by atoms with Crippen molar-refractivity contribution in [3.63, 3.8) is 0 Å². The van der Waals surface area contributed by atoms with Crippen molar-refractivity contribution in [3.8, 4) is 11.5 Å². The summed E-state index contributed by atoms with van der Waals surface area (Å²) in [5.41, 5.74) is 1.04. The van der Waals surface area contributed by atoms with Gasteiger partial charge in [0.15, 0.2) is 0 Å². The SMILES string of the molecule is [CH2-][n+]1ccoc1-c1ccccc1. The second kappa shape index (κ2) is 2.74. The monoisotopic (exact) mass is 159 g/mol. The van der Waals surface area contributed by atoms with Crippen molar-refractivity contribution >= 4 is 0 Å². The van der Waals surface area contributed by atoms with Crippen molar-refractivity contribution in [1.29, 1.82) is 0 Å². The van der Waals surface area contributed by atoms with Crippen LogP contribution in [0, 0.1) is 7.05 Å². The zero-order valence-corrected chi connectivity index (χ0v) is 6.60. The number of nitrogens with zero attached hydrogens (tertiary/aromatic N) is 1. The fraction of sp³-hybridized carbons (Fsp3) is 0. The van der Waals surface area contributed by atoms with Crippen LogP contribution in [-0.4, -0.2) is 0 Å². The van der Waals surface area contributed by atoms with Gasteiger partial charge in [-0.1, -0.05) is 30.3 Å². The second-order valence-electron chi connectivity index (χ2n) is 2.54. The molecule has 0 saturated carbocycles. The molecule has 0 amide bonds. The highest BCUT2D eigenvalue weighted by Gasteiger charge is 2.03. The highest BCUT2D eigenvalue weighted by atomic mass is 16.3. The number of benzene rings is 1. The summed E-state index contributed by atoms with van der Waals surface area (Å²) in [6, 6.07) is 9.89. The minimum Gasteiger partial charge on any atom is -0.477 e. The van der Waals surface area contributed by atoms with Gasteiger partial charge in [0.2, 0.25) is 0 Å². The van der Waals surface area contributed by atoms with Gasteiger partial charge in [0.25, 0.3) is 5.89 Å². The maximum atomic E-state index is 5.25. The maximum absolute atomic E-state index is 5.25. The third-order valence-corrected chi connectivity index (χ3v) is 1.70. The molecule has 2 nitrogen and oxygen atoms in total. The molecule has 0 unspecified atom stereocenters. The largest absolute Gasteiger partial charge is 0.477 e. The van der Waals surface area contributed by atoms with Gasteiger partial charge in [-0.3, -0.25) is 4.57 Å². The van der Waals surface area contributed by atoms with Gasteiger partial charge in [0.1, 0.15) is 6.20 Å². The third kappa shape index (κ3) is 1.07. The number of hydrogen-bond donors (Lipinski definition) is 0. The lowest BCUT2D eigenvalue weighted by Gasteiger charge is -1.97. The van der Waals surface area contributed by atoms with Gasteiger partial charge in [-0.15, -0.1) is 0 Å². The summed E-state index contributed by atoms with van der Waals surface area (Å²) in [5.74, 6) is 0.774. The van der Waals surface area contributed by atoms with E-state index < -0.39 is 0 Å². The van der Waals surface area contributed by atoms with Crippen LogP contribution < -0.4 is 4.57 Å². The lowest BCUT2D eigenvalue weighted by molar-refractivity contribution is -0.603. The molecule has 1 aromatic heterocycles. The smallest absolute Gasteiger partial charge is 0.274 e. The molecular weight excluding hydrogens is 150 g/mol. The van der Waals surface area contributed by atoms with Gasteiger partial charge in [-0.2, -0.15) is 0 Å². The topological polar surface area (TPSA) is 17.0 Å². The van der Waals surface area contributed by atoms with E-state index in [0.29, 0.717) is 0 Å². The Hall–Kier alpha value is -1.70. The fourth-order valence-corrected chi connectivity index (χ4v) is 1.12. The fourth-order valence-electron chi connectivity index (χ4n) is 1.12. The Morgan fingerprint density at radius 3 is 2.50 bits per heavy atom. The predicted molar refractivity (Wildman–Crippen MR) is 45.1 cm³/mol. The number of hydrogen-bond acceptors (Lipinski definition) is 1. The van der Waals surface area contributed by atoms with Crippen molar-refractivity contribution in [2.75, 3.05) is 0 Å². The first-order valence-electron chi connectivity index (χ1n) is 3.73. The Balaban J connectivity index is 2.51. The number of oxazole rings is 1. The number of rotatable bonds is 1. The summed E-state index contributed by atoms with van der Waals surface area (Å²) in [4.78, 5) is 0. The standard InChI is InChI=1S/C10H9NO/c1-11-7-8-12-10(11)9-5-3-2-4-6-9/h2-8H,1H2. The first kappa shape index (κ1) is 6.98. The first-order chi connectivity index (χ1) is 5.88. The van der Waals surface area contributed by atoms with Crippen molar-refractivity contribution in [2.45, 2.75) is 0 Å². The van der Waals surface area contributed by atoms with E-state index in [4.69, 9.17) is 4.42 Å². The quantitative estimate of drug-likeness (QED) is 0.458. The van der Waals surface area contributed by atoms with Gasteiger partial charge < -0.3 is 4.42 Å². The molecule has 1 aromatic carbocycles. The summed E-state index contributed by atoms with van der Waals surface area (Å²) >= 11 is 0. The van der Waals surface area contributed by atoms with E-state index in [0.717, 1.165) is 11.5 Å². The van der Waals surface area contributed by atoms with Crippen molar-refractivity contribution in [2.24, 2.45) is 0 Å². The normalized spacial score (nSPS) is 10.0. The average molecular weight is 159 g/mol. The van der Waals surface area contributed by atoms with Gasteiger partial charge >= 0.3 is 0 Å². The third-order valence-electron chi connectivity index (χ3n) is 1.70. The van der Waals surface area contributed by atoms with E-state index in [1.165, 1.54) is 0 Å². The van der Waals surface area contributed by atoms with Crippen molar-refractivity contribution < 1.29 is 8.98 Å². The van der Waals surface area contributed by atoms with Crippen LogP contribution in [0.4, 0.5) is 0 Å². The Labute approximate surface area is 71.1 Å². The Kier molecular flexibility index (Phi) is 1.59. The molecule has 0 atom stereocenters. The molecule has 0 aliphatic heterocycles. The molecule has 2 rings (SSSR count). The van der Waals surface area contributed by atoms with E-state index in [2.05, 4.69) is 7.05 Å².